The van der Waals surface area contributed by atoms with Crippen molar-refractivity contribution >= 4 is 12.0 Å². The summed E-state index contributed by atoms with van der Waals surface area (Å²) >= 11 is 0. The first-order valence-electron chi connectivity index (χ1n) is 8.88. The predicted molar refractivity (Wildman–Crippen MR) is 98.0 cm³/mol. The predicted octanol–water partition coefficient (Wildman–Crippen LogP) is 0.875. The Balaban J connectivity index is 0.000000396. The summed E-state index contributed by atoms with van der Waals surface area (Å²) in [4.78, 5) is 36.7. The van der Waals surface area contributed by atoms with Gasteiger partial charge < -0.3 is 20.3 Å². The van der Waals surface area contributed by atoms with Crippen LogP contribution in [0.5, 0.6) is 0 Å². The maximum Gasteiger partial charge on any atom is 0.490 e. The topological polar surface area (TPSA) is 130 Å². The van der Waals surface area contributed by atoms with Crippen molar-refractivity contribution in [1.29, 1.82) is 0 Å². The molecular formula is C17H22F3N7O3. The molecule has 0 aromatic carbocycles. The van der Waals surface area contributed by atoms with E-state index >= 15 is 0 Å². The fourth-order valence-corrected chi connectivity index (χ4v) is 2.90. The smallest absolute Gasteiger partial charge is 0.475 e. The molecule has 0 saturated heterocycles. The molecule has 2 aromatic rings. The van der Waals surface area contributed by atoms with E-state index in [-0.39, 0.29) is 6.03 Å². The summed E-state index contributed by atoms with van der Waals surface area (Å²) < 4.78 is 33.9. The van der Waals surface area contributed by atoms with E-state index in [1.807, 2.05) is 18.6 Å². The molecule has 0 atom stereocenters. The van der Waals surface area contributed by atoms with Crippen molar-refractivity contribution in [3.63, 3.8) is 0 Å². The fraction of sp³-hybridized carbons (Fsp3) is 0.471. The second-order valence-corrected chi connectivity index (χ2v) is 6.61. The molecule has 30 heavy (non-hydrogen) atoms. The number of aromatic nitrogens is 4. The molecule has 1 aliphatic rings. The molecule has 0 spiro atoms. The van der Waals surface area contributed by atoms with Crippen molar-refractivity contribution in [2.75, 3.05) is 20.1 Å². The van der Waals surface area contributed by atoms with Crippen LogP contribution in [-0.2, 0) is 30.8 Å². The minimum Gasteiger partial charge on any atom is -0.475 e. The first kappa shape index (κ1) is 23.1. The minimum absolute atomic E-state index is 0.363. The summed E-state index contributed by atoms with van der Waals surface area (Å²) in [5.74, 6) is -1.74. The summed E-state index contributed by atoms with van der Waals surface area (Å²) in [6.07, 6.45) is 2.76. The zero-order valence-corrected chi connectivity index (χ0v) is 16.2. The van der Waals surface area contributed by atoms with Gasteiger partial charge in [-0.1, -0.05) is 0 Å². The van der Waals surface area contributed by atoms with Gasteiger partial charge in [0.1, 0.15) is 12.2 Å². The first-order valence-corrected chi connectivity index (χ1v) is 8.88. The van der Waals surface area contributed by atoms with Crippen molar-refractivity contribution in [2.24, 2.45) is 5.73 Å². The van der Waals surface area contributed by atoms with Crippen LogP contribution in [0.3, 0.4) is 0 Å². The Morgan fingerprint density at radius 2 is 1.80 bits per heavy atom. The molecule has 10 nitrogen and oxygen atoms in total. The molecule has 0 aliphatic carbocycles. The molecule has 0 unspecified atom stereocenters. The van der Waals surface area contributed by atoms with Crippen molar-refractivity contribution in [1.82, 2.24) is 29.3 Å². The fourth-order valence-electron chi connectivity index (χ4n) is 2.90. The number of fused-ring (bicyclic) bond motifs is 1. The molecule has 2 amide bonds. The monoisotopic (exact) mass is 429 g/mol. The van der Waals surface area contributed by atoms with Crippen LogP contribution in [0.25, 0.3) is 0 Å². The molecule has 2 aromatic heterocycles. The average molecular weight is 429 g/mol. The van der Waals surface area contributed by atoms with E-state index in [1.165, 1.54) is 6.33 Å². The molecule has 3 rings (SSSR count). The molecule has 0 bridgehead atoms. The number of nitrogens with zero attached hydrogens (tertiary/aromatic N) is 6. The summed E-state index contributed by atoms with van der Waals surface area (Å²) in [5.41, 5.74) is 7.60. The third-order valence-electron chi connectivity index (χ3n) is 4.27. The largest absolute Gasteiger partial charge is 0.490 e. The Morgan fingerprint density at radius 3 is 2.37 bits per heavy atom. The lowest BCUT2D eigenvalue weighted by Gasteiger charge is -2.19. The van der Waals surface area contributed by atoms with Crippen molar-refractivity contribution in [3.05, 3.63) is 42.0 Å². The van der Waals surface area contributed by atoms with Crippen LogP contribution in [0, 0.1) is 0 Å². The standard InChI is InChI=1S/C15H21N7O.C2HF3O2/c1-20(9-12-6-17-11-18-7-12)10-13-8-19-14-2-3-21(15(16)23)4-5-22(13)14;3-2(4,5)1(6)7/h6-8,11H,2-5,9-10H2,1H3,(H2,16,23);(H,6,7). The van der Waals surface area contributed by atoms with E-state index in [9.17, 15) is 18.0 Å². The molecule has 3 N–H and O–H groups in total. The number of carboxylic acid groups (broad SMARTS) is 1. The highest BCUT2D eigenvalue weighted by atomic mass is 19.4. The van der Waals surface area contributed by atoms with Gasteiger partial charge in [0.25, 0.3) is 0 Å². The molecule has 3 heterocycles. The van der Waals surface area contributed by atoms with Crippen LogP contribution in [0.4, 0.5) is 18.0 Å². The number of aliphatic carboxylic acids is 1. The van der Waals surface area contributed by atoms with E-state index in [2.05, 4.69) is 31.5 Å². The van der Waals surface area contributed by atoms with Gasteiger partial charge in [0.2, 0.25) is 0 Å². The first-order chi connectivity index (χ1) is 14.1. The van der Waals surface area contributed by atoms with Crippen molar-refractivity contribution in [3.8, 4) is 0 Å². The van der Waals surface area contributed by atoms with Gasteiger partial charge in [0, 0.05) is 63.3 Å². The highest BCUT2D eigenvalue weighted by Gasteiger charge is 2.38. The minimum atomic E-state index is -5.08. The molecule has 0 saturated carbocycles. The summed E-state index contributed by atoms with van der Waals surface area (Å²) in [7, 11) is 2.05. The number of hydrogen-bond acceptors (Lipinski definition) is 6. The van der Waals surface area contributed by atoms with Gasteiger partial charge in [-0.2, -0.15) is 13.2 Å². The van der Waals surface area contributed by atoms with E-state index in [1.54, 1.807) is 4.90 Å². The number of alkyl halides is 3. The van der Waals surface area contributed by atoms with Gasteiger partial charge in [0.05, 0.1) is 5.69 Å². The quantitative estimate of drug-likeness (QED) is 0.738. The number of urea groups is 1. The van der Waals surface area contributed by atoms with Crippen LogP contribution in [0.15, 0.2) is 24.9 Å². The lowest BCUT2D eigenvalue weighted by atomic mass is 10.3. The lowest BCUT2D eigenvalue weighted by Crippen LogP contribution is -2.37. The number of primary amides is 1. The third-order valence-corrected chi connectivity index (χ3v) is 4.27. The van der Waals surface area contributed by atoms with E-state index < -0.39 is 12.1 Å². The number of amides is 2. The molecule has 164 valence electrons. The third kappa shape index (κ3) is 6.69. The molecule has 0 fully saturated rings. The van der Waals surface area contributed by atoms with E-state index in [0.717, 1.165) is 43.1 Å². The average Bonchev–Trinajstić information content (AvgIpc) is 2.90. The van der Waals surface area contributed by atoms with Gasteiger partial charge >= 0.3 is 18.2 Å². The number of carbonyl (C=O) groups is 2. The maximum absolute atomic E-state index is 11.3. The molecular weight excluding hydrogens is 407 g/mol. The van der Waals surface area contributed by atoms with Gasteiger partial charge in [-0.15, -0.1) is 0 Å². The highest BCUT2D eigenvalue weighted by molar-refractivity contribution is 5.73. The summed E-state index contributed by atoms with van der Waals surface area (Å²) in [6.45, 7) is 3.54. The number of hydrogen-bond donors (Lipinski definition) is 2. The number of halogens is 3. The lowest BCUT2D eigenvalue weighted by molar-refractivity contribution is -0.192. The second kappa shape index (κ2) is 10.0. The van der Waals surface area contributed by atoms with E-state index in [0.29, 0.717) is 13.1 Å². The SMILES string of the molecule is CN(Cc1cncnc1)Cc1cnc2n1CCN(C(N)=O)CC2.O=C(O)C(F)(F)F. The zero-order valence-electron chi connectivity index (χ0n) is 16.2. The van der Waals surface area contributed by atoms with Crippen LogP contribution >= 0.6 is 0 Å². The van der Waals surface area contributed by atoms with Crippen LogP contribution in [0.2, 0.25) is 0 Å². The Labute approximate surface area is 170 Å². The van der Waals surface area contributed by atoms with Crippen LogP contribution in [-0.4, -0.2) is 72.7 Å². The van der Waals surface area contributed by atoms with E-state index in [4.69, 9.17) is 15.6 Å². The Hall–Kier alpha value is -3.22. The summed E-state index contributed by atoms with van der Waals surface area (Å²) in [6, 6.07) is -0.363. The number of carboxylic acids is 1. The van der Waals surface area contributed by atoms with Gasteiger partial charge in [-0.3, -0.25) is 4.90 Å². The zero-order chi connectivity index (χ0) is 22.3. The van der Waals surface area contributed by atoms with Crippen LogP contribution in [0.1, 0.15) is 17.1 Å². The highest BCUT2D eigenvalue weighted by Crippen LogP contribution is 2.14. The van der Waals surface area contributed by atoms with Crippen molar-refractivity contribution in [2.45, 2.75) is 32.2 Å². The molecule has 1 aliphatic heterocycles. The Morgan fingerprint density at radius 1 is 1.17 bits per heavy atom. The second-order valence-electron chi connectivity index (χ2n) is 6.61. The molecule has 13 heteroatoms. The number of nitrogens with two attached hydrogens (primary N) is 1. The van der Waals surface area contributed by atoms with Gasteiger partial charge in [-0.05, 0) is 7.05 Å². The maximum atomic E-state index is 11.3. The van der Waals surface area contributed by atoms with Crippen molar-refractivity contribution < 1.29 is 27.9 Å². The molecule has 0 radical (unpaired) electrons. The number of imidazole rings is 1. The summed E-state index contributed by atoms with van der Waals surface area (Å²) in [5, 5.41) is 7.12. The normalized spacial score (nSPS) is 13.8. The van der Waals surface area contributed by atoms with Crippen LogP contribution < -0.4 is 5.73 Å². The van der Waals surface area contributed by atoms with Gasteiger partial charge in [0.15, 0.2) is 0 Å². The Kier molecular flexibility index (Phi) is 7.69. The number of carbonyl (C=O) groups excluding carboxylic acids is 1. The van der Waals surface area contributed by atoms with Gasteiger partial charge in [-0.25, -0.2) is 24.5 Å². The Bertz CT molecular complexity index is 858. The number of rotatable bonds is 4.